The van der Waals surface area contributed by atoms with Crippen molar-refractivity contribution in [1.82, 2.24) is 0 Å². The predicted molar refractivity (Wildman–Crippen MR) is 67.2 cm³/mol. The quantitative estimate of drug-likeness (QED) is 0.655. The second-order valence-corrected chi connectivity index (χ2v) is 5.00. The van der Waals surface area contributed by atoms with Crippen molar-refractivity contribution in [3.63, 3.8) is 0 Å². The molecule has 0 unspecified atom stereocenters. The Bertz CT molecular complexity index is 578. The maximum absolute atomic E-state index is 13.8. The number of aliphatic carboxylic acids is 1. The maximum atomic E-state index is 13.8. The summed E-state index contributed by atoms with van der Waals surface area (Å²) < 4.78 is 32.7. The highest BCUT2D eigenvalue weighted by Crippen LogP contribution is 2.35. The molecule has 0 atom stereocenters. The second-order valence-electron chi connectivity index (χ2n) is 5.00. The van der Waals surface area contributed by atoms with Crippen molar-refractivity contribution in [3.8, 4) is 0 Å². The molecule has 1 aliphatic heterocycles. The third kappa shape index (κ3) is 3.07. The lowest BCUT2D eigenvalue weighted by Gasteiger charge is -2.48. The number of carboxylic acids is 1. The van der Waals surface area contributed by atoms with E-state index in [4.69, 9.17) is 9.84 Å². The van der Waals surface area contributed by atoms with Crippen molar-refractivity contribution in [2.45, 2.75) is 12.5 Å². The van der Waals surface area contributed by atoms with Crippen molar-refractivity contribution in [2.75, 3.05) is 24.6 Å². The number of ether oxygens (including phenoxy) is 1. The summed E-state index contributed by atoms with van der Waals surface area (Å²) in [6.45, 7) is 1.29. The van der Waals surface area contributed by atoms with Crippen LogP contribution in [0.4, 0.5) is 20.2 Å². The van der Waals surface area contributed by atoms with Gasteiger partial charge in [0.15, 0.2) is 11.6 Å². The predicted octanol–water partition coefficient (Wildman–Crippen LogP) is 1.55. The number of non-ortho nitro benzene ring substituents is 1. The van der Waals surface area contributed by atoms with E-state index in [0.29, 0.717) is 12.1 Å². The number of hydrogen-bond donors (Lipinski definition) is 1. The average Bonchev–Trinajstić information content (AvgIpc) is 2.33. The Labute approximate surface area is 117 Å². The number of nitro groups is 1. The number of halogens is 2. The number of anilines is 1. The molecular weight excluding hydrogens is 290 g/mol. The minimum Gasteiger partial charge on any atom is -0.480 e. The number of benzene rings is 1. The number of rotatable bonds is 5. The molecule has 1 saturated heterocycles. The smallest absolute Gasteiger partial charge is 0.329 e. The molecule has 114 valence electrons. The molecule has 0 aliphatic carbocycles. The van der Waals surface area contributed by atoms with Crippen LogP contribution in [0.2, 0.25) is 0 Å². The Morgan fingerprint density at radius 2 is 2.00 bits per heavy atom. The third-order valence-corrected chi connectivity index (χ3v) is 3.12. The zero-order chi connectivity index (χ0) is 15.8. The van der Waals surface area contributed by atoms with Crippen LogP contribution in [0.5, 0.6) is 0 Å². The van der Waals surface area contributed by atoms with E-state index >= 15 is 0 Å². The van der Waals surface area contributed by atoms with E-state index in [2.05, 4.69) is 0 Å². The molecule has 0 aromatic heterocycles. The number of nitro benzene ring substituents is 1. The first-order valence-electron chi connectivity index (χ1n) is 5.96. The van der Waals surface area contributed by atoms with Crippen molar-refractivity contribution in [2.24, 2.45) is 0 Å². The minimum atomic E-state index is -1.14. The highest BCUT2D eigenvalue weighted by molar-refractivity contribution is 5.68. The van der Waals surface area contributed by atoms with Crippen LogP contribution in [-0.4, -0.2) is 41.3 Å². The molecule has 2 rings (SSSR count). The zero-order valence-corrected chi connectivity index (χ0v) is 11.0. The minimum absolute atomic E-state index is 0.0892. The van der Waals surface area contributed by atoms with Crippen LogP contribution in [0.3, 0.4) is 0 Å². The van der Waals surface area contributed by atoms with E-state index in [1.807, 2.05) is 0 Å². The van der Waals surface area contributed by atoms with Gasteiger partial charge in [0, 0.05) is 13.1 Å². The van der Waals surface area contributed by atoms with E-state index in [0.717, 1.165) is 0 Å². The van der Waals surface area contributed by atoms with Crippen LogP contribution < -0.4 is 4.90 Å². The van der Waals surface area contributed by atoms with Gasteiger partial charge in [0.1, 0.15) is 17.9 Å². The Hall–Kier alpha value is -2.29. The molecule has 1 fully saturated rings. The zero-order valence-electron chi connectivity index (χ0n) is 11.0. The van der Waals surface area contributed by atoms with Gasteiger partial charge in [-0.05, 0) is 6.92 Å². The van der Waals surface area contributed by atoms with Crippen LogP contribution in [-0.2, 0) is 9.53 Å². The van der Waals surface area contributed by atoms with Gasteiger partial charge in [-0.1, -0.05) is 0 Å². The number of carboxylic acid groups (broad SMARTS) is 1. The molecule has 1 aromatic rings. The summed E-state index contributed by atoms with van der Waals surface area (Å²) in [5.41, 5.74) is -1.87. The molecule has 0 radical (unpaired) electrons. The third-order valence-electron chi connectivity index (χ3n) is 3.12. The number of carbonyl (C=O) groups is 1. The standard InChI is InChI=1S/C12H12F2N2O5/c1-12(21-4-10(17)18)5-15(6-12)11-8(13)2-7(16(19)20)3-9(11)14/h2-3H,4-6H2,1H3,(H,17,18). The van der Waals surface area contributed by atoms with E-state index in [-0.39, 0.29) is 18.8 Å². The molecule has 1 aromatic carbocycles. The molecule has 9 heteroatoms. The lowest BCUT2D eigenvalue weighted by molar-refractivity contribution is -0.385. The van der Waals surface area contributed by atoms with E-state index in [1.165, 1.54) is 4.90 Å². The molecule has 0 bridgehead atoms. The highest BCUT2D eigenvalue weighted by Gasteiger charge is 2.42. The normalized spacial score (nSPS) is 16.4. The van der Waals surface area contributed by atoms with Crippen LogP contribution in [0.15, 0.2) is 12.1 Å². The van der Waals surface area contributed by atoms with Crippen LogP contribution >= 0.6 is 0 Å². The topological polar surface area (TPSA) is 92.9 Å². The van der Waals surface area contributed by atoms with Crippen molar-refractivity contribution < 1.29 is 28.3 Å². The summed E-state index contributed by atoms with van der Waals surface area (Å²) >= 11 is 0. The van der Waals surface area contributed by atoms with Gasteiger partial charge in [0.25, 0.3) is 5.69 Å². The first kappa shape index (κ1) is 15.1. The number of hydrogen-bond acceptors (Lipinski definition) is 5. The van der Waals surface area contributed by atoms with E-state index in [1.54, 1.807) is 6.92 Å². The van der Waals surface area contributed by atoms with Crippen molar-refractivity contribution in [1.29, 1.82) is 0 Å². The largest absolute Gasteiger partial charge is 0.480 e. The van der Waals surface area contributed by atoms with E-state index < -0.39 is 40.4 Å². The van der Waals surface area contributed by atoms with Gasteiger partial charge in [0.05, 0.1) is 17.1 Å². The van der Waals surface area contributed by atoms with Crippen molar-refractivity contribution in [3.05, 3.63) is 33.9 Å². The molecule has 1 heterocycles. The fourth-order valence-corrected chi connectivity index (χ4v) is 2.21. The van der Waals surface area contributed by atoms with Crippen LogP contribution in [0.1, 0.15) is 6.92 Å². The summed E-state index contributed by atoms with van der Waals surface area (Å²) in [4.78, 5) is 21.3. The molecule has 0 spiro atoms. The lowest BCUT2D eigenvalue weighted by Crippen LogP contribution is -2.62. The van der Waals surface area contributed by atoms with Gasteiger partial charge in [-0.15, -0.1) is 0 Å². The molecule has 0 amide bonds. The van der Waals surface area contributed by atoms with E-state index in [9.17, 15) is 23.7 Å². The number of nitrogens with zero attached hydrogens (tertiary/aromatic N) is 2. The molecule has 7 nitrogen and oxygen atoms in total. The molecule has 1 N–H and O–H groups in total. The van der Waals surface area contributed by atoms with Crippen molar-refractivity contribution >= 4 is 17.3 Å². The fourth-order valence-electron chi connectivity index (χ4n) is 2.21. The van der Waals surface area contributed by atoms with Gasteiger partial charge in [-0.3, -0.25) is 10.1 Å². The fraction of sp³-hybridized carbons (Fsp3) is 0.417. The first-order valence-corrected chi connectivity index (χ1v) is 5.96. The second kappa shape index (κ2) is 5.24. The summed E-state index contributed by atoms with van der Waals surface area (Å²) in [5, 5.41) is 19.0. The van der Waals surface area contributed by atoms with Gasteiger partial charge >= 0.3 is 5.97 Å². The average molecular weight is 302 g/mol. The van der Waals surface area contributed by atoms with Crippen LogP contribution in [0.25, 0.3) is 0 Å². The van der Waals surface area contributed by atoms with Gasteiger partial charge in [-0.25, -0.2) is 13.6 Å². The Balaban J connectivity index is 2.12. The summed E-state index contributed by atoms with van der Waals surface area (Å²) in [6.07, 6.45) is 0. The molecule has 21 heavy (non-hydrogen) atoms. The van der Waals surface area contributed by atoms with Gasteiger partial charge in [-0.2, -0.15) is 0 Å². The maximum Gasteiger partial charge on any atom is 0.329 e. The Morgan fingerprint density at radius 3 is 2.43 bits per heavy atom. The highest BCUT2D eigenvalue weighted by atomic mass is 19.1. The summed E-state index contributed by atoms with van der Waals surface area (Å²) in [7, 11) is 0. The Kier molecular flexibility index (Phi) is 3.77. The summed E-state index contributed by atoms with van der Waals surface area (Å²) in [5.74, 6) is -3.22. The lowest BCUT2D eigenvalue weighted by atomic mass is 9.95. The SMILES string of the molecule is CC1(OCC(=O)O)CN(c2c(F)cc([N+](=O)[O-])cc2F)C1. The van der Waals surface area contributed by atoms with Gasteiger partial charge < -0.3 is 14.7 Å². The summed E-state index contributed by atoms with van der Waals surface area (Å²) in [6, 6.07) is 1.29. The molecule has 1 aliphatic rings. The van der Waals surface area contributed by atoms with Crippen LogP contribution in [0, 0.1) is 21.7 Å². The monoisotopic (exact) mass is 302 g/mol. The Morgan fingerprint density at radius 1 is 1.48 bits per heavy atom. The molecular formula is C12H12F2N2O5. The van der Waals surface area contributed by atoms with Gasteiger partial charge in [0.2, 0.25) is 0 Å². The first-order chi connectivity index (χ1) is 9.72. The molecule has 0 saturated carbocycles.